The van der Waals surface area contributed by atoms with E-state index in [-0.39, 0.29) is 5.56 Å². The van der Waals surface area contributed by atoms with Crippen LogP contribution in [0, 0.1) is 0 Å². The largest absolute Gasteiger partial charge is 0.444 e. The molecule has 0 saturated heterocycles. The predicted octanol–water partition coefficient (Wildman–Crippen LogP) is 4.49. The Bertz CT molecular complexity index is 759. The van der Waals surface area contributed by atoms with Crippen LogP contribution in [0.3, 0.4) is 0 Å². The quantitative estimate of drug-likeness (QED) is 0.670. The Morgan fingerprint density at radius 3 is 2.48 bits per heavy atom. The van der Waals surface area contributed by atoms with Crippen molar-refractivity contribution in [2.45, 2.75) is 26.4 Å². The molecule has 5 heteroatoms. The summed E-state index contributed by atoms with van der Waals surface area (Å²) in [4.78, 5) is 24.2. The summed E-state index contributed by atoms with van der Waals surface area (Å²) in [6, 6.07) is 10.8. The van der Waals surface area contributed by atoms with Crippen LogP contribution in [0.2, 0.25) is 0 Å². The van der Waals surface area contributed by atoms with E-state index in [2.05, 4.69) is 11.9 Å². The van der Waals surface area contributed by atoms with Crippen LogP contribution < -0.4 is 5.32 Å². The Labute approximate surface area is 134 Å². The van der Waals surface area contributed by atoms with Gasteiger partial charge in [-0.25, -0.2) is 9.59 Å². The third kappa shape index (κ3) is 4.10. The molecule has 5 nitrogen and oxygen atoms in total. The minimum absolute atomic E-state index is 0.231. The highest BCUT2D eigenvalue weighted by Gasteiger charge is 2.21. The molecule has 0 fully saturated rings. The number of hydrogen-bond acceptors (Lipinski definition) is 4. The van der Waals surface area contributed by atoms with Gasteiger partial charge in [-0.2, -0.15) is 0 Å². The molecule has 0 aliphatic heterocycles. The van der Waals surface area contributed by atoms with Crippen molar-refractivity contribution in [2.24, 2.45) is 0 Å². The maximum Gasteiger partial charge on any atom is 0.412 e. The number of ether oxygens (including phenoxy) is 2. The van der Waals surface area contributed by atoms with E-state index >= 15 is 0 Å². The second-order valence-corrected chi connectivity index (χ2v) is 5.91. The molecular formula is C18H19NO4. The van der Waals surface area contributed by atoms with Gasteiger partial charge in [0.15, 0.2) is 0 Å². The van der Waals surface area contributed by atoms with Crippen LogP contribution in [0.5, 0.6) is 0 Å². The molecule has 0 unspecified atom stereocenters. The van der Waals surface area contributed by atoms with E-state index < -0.39 is 17.7 Å². The highest BCUT2D eigenvalue weighted by atomic mass is 16.6. The van der Waals surface area contributed by atoms with E-state index in [1.807, 2.05) is 24.3 Å². The zero-order chi connectivity index (χ0) is 17.0. The van der Waals surface area contributed by atoms with E-state index in [0.29, 0.717) is 5.69 Å². The Kier molecular flexibility index (Phi) is 4.69. The molecule has 0 aliphatic carbocycles. The second kappa shape index (κ2) is 6.52. The van der Waals surface area contributed by atoms with E-state index in [4.69, 9.17) is 9.47 Å². The molecule has 0 bridgehead atoms. The SMILES string of the molecule is C=COC(=O)c1ccc2ccccc2c1NC(=O)OC(C)(C)C. The Morgan fingerprint density at radius 2 is 1.83 bits per heavy atom. The van der Waals surface area contributed by atoms with Gasteiger partial charge in [0.2, 0.25) is 0 Å². The fraction of sp³-hybridized carbons (Fsp3) is 0.222. The average Bonchev–Trinajstić information content (AvgIpc) is 2.45. The van der Waals surface area contributed by atoms with Crippen molar-refractivity contribution in [3.8, 4) is 0 Å². The Morgan fingerprint density at radius 1 is 1.13 bits per heavy atom. The summed E-state index contributed by atoms with van der Waals surface area (Å²) in [6.07, 6.45) is 0.413. The minimum Gasteiger partial charge on any atom is -0.444 e. The maximum absolute atomic E-state index is 12.1. The normalized spacial score (nSPS) is 10.9. The summed E-state index contributed by atoms with van der Waals surface area (Å²) in [7, 11) is 0. The van der Waals surface area contributed by atoms with Crippen molar-refractivity contribution in [3.05, 3.63) is 54.8 Å². The number of nitrogens with one attached hydrogen (secondary N) is 1. The lowest BCUT2D eigenvalue weighted by Crippen LogP contribution is -2.28. The van der Waals surface area contributed by atoms with Crippen molar-refractivity contribution >= 4 is 28.5 Å². The first-order chi connectivity index (χ1) is 10.8. The summed E-state index contributed by atoms with van der Waals surface area (Å²) < 4.78 is 10.1. The predicted molar refractivity (Wildman–Crippen MR) is 89.4 cm³/mol. The first-order valence-corrected chi connectivity index (χ1v) is 7.15. The zero-order valence-electron chi connectivity index (χ0n) is 13.4. The highest BCUT2D eigenvalue weighted by Crippen LogP contribution is 2.29. The number of rotatable bonds is 3. The topological polar surface area (TPSA) is 64.6 Å². The van der Waals surface area contributed by atoms with Gasteiger partial charge in [0.1, 0.15) is 5.60 Å². The van der Waals surface area contributed by atoms with Crippen molar-refractivity contribution < 1.29 is 19.1 Å². The Balaban J connectivity index is 2.48. The summed E-state index contributed by atoms with van der Waals surface area (Å²) in [5.74, 6) is -0.600. The summed E-state index contributed by atoms with van der Waals surface area (Å²) in [5, 5.41) is 4.26. The molecule has 0 atom stereocenters. The van der Waals surface area contributed by atoms with E-state index in [1.165, 1.54) is 0 Å². The van der Waals surface area contributed by atoms with Crippen molar-refractivity contribution in [1.82, 2.24) is 0 Å². The molecule has 1 amide bonds. The molecule has 0 aliphatic rings. The molecular weight excluding hydrogens is 294 g/mol. The molecule has 0 heterocycles. The number of anilines is 1. The lowest BCUT2D eigenvalue weighted by molar-refractivity contribution is 0.0636. The van der Waals surface area contributed by atoms with Gasteiger partial charge >= 0.3 is 12.1 Å². The molecule has 0 radical (unpaired) electrons. The van der Waals surface area contributed by atoms with Crippen LogP contribution in [0.15, 0.2) is 49.2 Å². The van der Waals surface area contributed by atoms with Gasteiger partial charge in [0.25, 0.3) is 0 Å². The van der Waals surface area contributed by atoms with Gasteiger partial charge in [-0.15, -0.1) is 0 Å². The number of benzene rings is 2. The second-order valence-electron chi connectivity index (χ2n) is 5.91. The van der Waals surface area contributed by atoms with Gasteiger partial charge in [-0.1, -0.05) is 36.9 Å². The molecule has 2 aromatic rings. The molecule has 0 saturated carbocycles. The molecule has 2 rings (SSSR count). The van der Waals surface area contributed by atoms with Crippen LogP contribution >= 0.6 is 0 Å². The first kappa shape index (κ1) is 16.5. The van der Waals surface area contributed by atoms with Gasteiger partial charge in [0.05, 0.1) is 17.5 Å². The van der Waals surface area contributed by atoms with Crippen molar-refractivity contribution in [1.29, 1.82) is 0 Å². The number of amides is 1. The number of hydrogen-bond donors (Lipinski definition) is 1. The summed E-state index contributed by atoms with van der Waals surface area (Å²) in [5.41, 5.74) is -0.0603. The van der Waals surface area contributed by atoms with Gasteiger partial charge < -0.3 is 9.47 Å². The highest BCUT2D eigenvalue weighted by molar-refractivity contribution is 6.10. The number of fused-ring (bicyclic) bond motifs is 1. The minimum atomic E-state index is -0.642. The molecule has 0 spiro atoms. The molecule has 2 aromatic carbocycles. The first-order valence-electron chi connectivity index (χ1n) is 7.15. The van der Waals surface area contributed by atoms with Crippen molar-refractivity contribution in [3.63, 3.8) is 0 Å². The number of esters is 1. The lowest BCUT2D eigenvalue weighted by atomic mass is 10.0. The average molecular weight is 313 g/mol. The zero-order valence-corrected chi connectivity index (χ0v) is 13.4. The molecule has 0 aromatic heterocycles. The van der Waals surface area contributed by atoms with Gasteiger partial charge in [-0.3, -0.25) is 5.32 Å². The third-order valence-corrected chi connectivity index (χ3v) is 2.97. The standard InChI is InChI=1S/C18H19NO4/c1-5-22-16(20)14-11-10-12-8-6-7-9-13(12)15(14)19-17(21)23-18(2,3)4/h5-11H,1H2,2-4H3,(H,19,21). The fourth-order valence-corrected chi connectivity index (χ4v) is 2.12. The smallest absolute Gasteiger partial charge is 0.412 e. The molecule has 1 N–H and O–H groups in total. The molecule has 23 heavy (non-hydrogen) atoms. The van der Waals surface area contributed by atoms with Gasteiger partial charge in [0, 0.05) is 5.39 Å². The van der Waals surface area contributed by atoms with Crippen LogP contribution in [0.1, 0.15) is 31.1 Å². The van der Waals surface area contributed by atoms with E-state index in [9.17, 15) is 9.59 Å². The monoisotopic (exact) mass is 313 g/mol. The number of carbonyl (C=O) groups is 2. The third-order valence-electron chi connectivity index (χ3n) is 2.97. The van der Waals surface area contributed by atoms with Crippen LogP contribution in [-0.2, 0) is 9.47 Å². The lowest BCUT2D eigenvalue weighted by Gasteiger charge is -2.21. The number of carbonyl (C=O) groups excluding carboxylic acids is 2. The van der Waals surface area contributed by atoms with Crippen LogP contribution in [0.25, 0.3) is 10.8 Å². The maximum atomic E-state index is 12.1. The molecule has 120 valence electrons. The fourth-order valence-electron chi connectivity index (χ4n) is 2.12. The van der Waals surface area contributed by atoms with E-state index in [0.717, 1.165) is 17.0 Å². The van der Waals surface area contributed by atoms with Crippen LogP contribution in [-0.4, -0.2) is 17.7 Å². The van der Waals surface area contributed by atoms with Gasteiger partial charge in [-0.05, 0) is 32.2 Å². The summed E-state index contributed by atoms with van der Waals surface area (Å²) >= 11 is 0. The van der Waals surface area contributed by atoms with Crippen molar-refractivity contribution in [2.75, 3.05) is 5.32 Å². The van der Waals surface area contributed by atoms with Crippen LogP contribution in [0.4, 0.5) is 10.5 Å². The van der Waals surface area contributed by atoms with E-state index in [1.54, 1.807) is 32.9 Å². The Hall–Kier alpha value is -2.82. The summed E-state index contributed by atoms with van der Waals surface area (Å²) in [6.45, 7) is 8.67.